The fourth-order valence-corrected chi connectivity index (χ4v) is 3.79. The number of aromatic nitrogens is 1. The van der Waals surface area contributed by atoms with Crippen molar-refractivity contribution in [3.63, 3.8) is 0 Å². The first-order chi connectivity index (χ1) is 13.3. The first kappa shape index (κ1) is 20.6. The number of hydrogen-bond acceptors (Lipinski definition) is 3. The first-order valence-corrected chi connectivity index (χ1v) is 10.2. The predicted molar refractivity (Wildman–Crippen MR) is 114 cm³/mol. The molecule has 1 aromatic carbocycles. The van der Waals surface area contributed by atoms with Gasteiger partial charge >= 0.3 is 6.03 Å². The van der Waals surface area contributed by atoms with E-state index in [2.05, 4.69) is 38.7 Å². The lowest BCUT2D eigenvalue weighted by atomic mass is 9.95. The molecule has 0 saturated carbocycles. The van der Waals surface area contributed by atoms with Crippen LogP contribution in [-0.4, -0.2) is 40.6 Å². The molecule has 0 radical (unpaired) electrons. The highest BCUT2D eigenvalue weighted by Gasteiger charge is 2.28. The molecule has 0 spiro atoms. The summed E-state index contributed by atoms with van der Waals surface area (Å²) in [7, 11) is 0. The van der Waals surface area contributed by atoms with Crippen LogP contribution in [0.4, 0.5) is 4.79 Å². The number of likely N-dealkylation sites (tertiary alicyclic amines) is 1. The first-order valence-electron chi connectivity index (χ1n) is 9.80. The Bertz CT molecular complexity index is 765. The van der Waals surface area contributed by atoms with Gasteiger partial charge in [0, 0.05) is 42.1 Å². The molecule has 3 rings (SSSR count). The van der Waals surface area contributed by atoms with Crippen LogP contribution in [0, 0.1) is 0 Å². The molecule has 0 aliphatic carbocycles. The van der Waals surface area contributed by atoms with Gasteiger partial charge in [-0.25, -0.2) is 4.79 Å². The maximum absolute atomic E-state index is 12.2. The molecular weight excluding hydrogens is 372 g/mol. The van der Waals surface area contributed by atoms with Gasteiger partial charge in [0.05, 0.1) is 6.04 Å². The van der Waals surface area contributed by atoms with Gasteiger partial charge in [-0.3, -0.25) is 9.88 Å². The number of carbonyl (C=O) groups excluding carboxylic acids is 1. The number of amides is 2. The minimum absolute atomic E-state index is 0.0903. The summed E-state index contributed by atoms with van der Waals surface area (Å²) in [4.78, 5) is 18.9. The van der Waals surface area contributed by atoms with E-state index in [4.69, 9.17) is 11.6 Å². The summed E-state index contributed by atoms with van der Waals surface area (Å²) in [6.07, 6.45) is 5.57. The molecule has 2 aromatic rings. The van der Waals surface area contributed by atoms with Gasteiger partial charge in [0.25, 0.3) is 0 Å². The molecule has 5 nitrogen and oxygen atoms in total. The van der Waals surface area contributed by atoms with Crippen molar-refractivity contribution in [3.8, 4) is 0 Å². The number of halogens is 1. The van der Waals surface area contributed by atoms with Crippen molar-refractivity contribution in [2.45, 2.75) is 51.2 Å². The Labute approximate surface area is 172 Å². The summed E-state index contributed by atoms with van der Waals surface area (Å²) in [5, 5.41) is 6.83. The Hall–Kier alpha value is -2.11. The van der Waals surface area contributed by atoms with Crippen molar-refractivity contribution >= 4 is 17.6 Å². The van der Waals surface area contributed by atoms with Crippen LogP contribution in [0.3, 0.4) is 0 Å². The molecule has 1 atom stereocenters. The molecule has 2 N–H and O–H groups in total. The molecule has 1 aromatic heterocycles. The molecule has 1 aliphatic rings. The van der Waals surface area contributed by atoms with Crippen LogP contribution in [0.2, 0.25) is 5.02 Å². The number of hydrogen-bond donors (Lipinski definition) is 2. The maximum Gasteiger partial charge on any atom is 0.315 e. The zero-order chi connectivity index (χ0) is 20.1. The van der Waals surface area contributed by atoms with Crippen molar-refractivity contribution < 1.29 is 4.79 Å². The Kier molecular flexibility index (Phi) is 6.57. The zero-order valence-electron chi connectivity index (χ0n) is 16.8. The van der Waals surface area contributed by atoms with Crippen LogP contribution < -0.4 is 10.6 Å². The molecule has 0 bridgehead atoms. The minimum Gasteiger partial charge on any atom is -0.335 e. The van der Waals surface area contributed by atoms with E-state index >= 15 is 0 Å². The maximum atomic E-state index is 12.2. The van der Waals surface area contributed by atoms with Crippen molar-refractivity contribution in [2.24, 2.45) is 0 Å². The Morgan fingerprint density at radius 3 is 2.39 bits per heavy atom. The van der Waals surface area contributed by atoms with Crippen molar-refractivity contribution in [1.29, 1.82) is 0 Å². The van der Waals surface area contributed by atoms with Crippen molar-refractivity contribution in [1.82, 2.24) is 20.5 Å². The molecule has 6 heteroatoms. The molecule has 28 heavy (non-hydrogen) atoms. The Morgan fingerprint density at radius 1 is 1.14 bits per heavy atom. The summed E-state index contributed by atoms with van der Waals surface area (Å²) in [6, 6.07) is 12.4. The second-order valence-electron chi connectivity index (χ2n) is 8.40. The second kappa shape index (κ2) is 8.93. The minimum atomic E-state index is -0.231. The number of pyridine rings is 1. The van der Waals surface area contributed by atoms with Gasteiger partial charge in [-0.2, -0.15) is 0 Å². The monoisotopic (exact) mass is 400 g/mol. The predicted octanol–water partition coefficient (Wildman–Crippen LogP) is 4.39. The second-order valence-corrected chi connectivity index (χ2v) is 8.84. The summed E-state index contributed by atoms with van der Waals surface area (Å²) >= 11 is 6.09. The Morgan fingerprint density at radius 2 is 1.82 bits per heavy atom. The number of urea groups is 1. The molecule has 2 amide bonds. The largest absolute Gasteiger partial charge is 0.335 e. The van der Waals surface area contributed by atoms with E-state index in [0.29, 0.717) is 0 Å². The third-order valence-corrected chi connectivity index (χ3v) is 5.16. The van der Waals surface area contributed by atoms with E-state index in [0.717, 1.165) is 31.0 Å². The van der Waals surface area contributed by atoms with Gasteiger partial charge in [-0.05, 0) is 62.9 Å². The van der Waals surface area contributed by atoms with Gasteiger partial charge in [-0.1, -0.05) is 29.8 Å². The molecule has 1 aliphatic heterocycles. The van der Waals surface area contributed by atoms with Crippen LogP contribution >= 0.6 is 11.6 Å². The fraction of sp³-hybridized carbons (Fsp3) is 0.455. The van der Waals surface area contributed by atoms with Crippen LogP contribution in [0.5, 0.6) is 0 Å². The zero-order valence-corrected chi connectivity index (χ0v) is 17.5. The molecule has 1 unspecified atom stereocenters. The van der Waals surface area contributed by atoms with Gasteiger partial charge in [0.1, 0.15) is 0 Å². The standard InChI is InChI=1S/C22H29ClN4O/c1-22(2,3)26-21(28)25-19-10-13-27(14-11-19)20(17-5-4-12-24-15-17)16-6-8-18(23)9-7-16/h4-9,12,15,19-20H,10-11,13-14H2,1-3H3,(H2,25,26,28). The van der Waals surface area contributed by atoms with E-state index in [9.17, 15) is 4.79 Å². The summed E-state index contributed by atoms with van der Waals surface area (Å²) in [6.45, 7) is 7.77. The number of carbonyl (C=O) groups is 1. The molecule has 150 valence electrons. The summed E-state index contributed by atoms with van der Waals surface area (Å²) < 4.78 is 0. The highest BCUT2D eigenvalue weighted by Crippen LogP contribution is 2.31. The Balaban J connectivity index is 1.68. The lowest BCUT2D eigenvalue weighted by Gasteiger charge is -2.38. The molecule has 1 fully saturated rings. The summed E-state index contributed by atoms with van der Waals surface area (Å²) in [5.74, 6) is 0. The third-order valence-electron chi connectivity index (χ3n) is 4.90. The average molecular weight is 401 g/mol. The fourth-order valence-electron chi connectivity index (χ4n) is 3.66. The van der Waals surface area contributed by atoms with Gasteiger partial charge in [-0.15, -0.1) is 0 Å². The van der Waals surface area contributed by atoms with E-state index < -0.39 is 0 Å². The number of piperidine rings is 1. The highest BCUT2D eigenvalue weighted by atomic mass is 35.5. The van der Waals surface area contributed by atoms with Crippen molar-refractivity contribution in [2.75, 3.05) is 13.1 Å². The highest BCUT2D eigenvalue weighted by molar-refractivity contribution is 6.30. The summed E-state index contributed by atoms with van der Waals surface area (Å²) in [5.41, 5.74) is 2.14. The van der Waals surface area contributed by atoms with E-state index in [-0.39, 0.29) is 23.7 Å². The topological polar surface area (TPSA) is 57.3 Å². The molecule has 2 heterocycles. The number of nitrogens with one attached hydrogen (secondary N) is 2. The van der Waals surface area contributed by atoms with Crippen LogP contribution in [0.25, 0.3) is 0 Å². The van der Waals surface area contributed by atoms with Gasteiger partial charge in [0.15, 0.2) is 0 Å². The van der Waals surface area contributed by atoms with Gasteiger partial charge < -0.3 is 10.6 Å². The SMILES string of the molecule is CC(C)(C)NC(=O)NC1CCN(C(c2ccc(Cl)cc2)c2cccnc2)CC1. The number of nitrogens with zero attached hydrogens (tertiary/aromatic N) is 2. The lowest BCUT2D eigenvalue weighted by molar-refractivity contribution is 0.161. The van der Waals surface area contributed by atoms with Crippen LogP contribution in [0.1, 0.15) is 50.8 Å². The van der Waals surface area contributed by atoms with Gasteiger partial charge in [0.2, 0.25) is 0 Å². The average Bonchev–Trinajstić information content (AvgIpc) is 2.64. The third kappa shape index (κ3) is 5.69. The normalized spacial score (nSPS) is 17.1. The van der Waals surface area contributed by atoms with E-state index in [1.165, 1.54) is 11.1 Å². The lowest BCUT2D eigenvalue weighted by Crippen LogP contribution is -2.52. The number of benzene rings is 1. The quantitative estimate of drug-likeness (QED) is 0.800. The molecular formula is C22H29ClN4O. The molecule has 1 saturated heterocycles. The van der Waals surface area contributed by atoms with E-state index in [1.54, 1.807) is 6.20 Å². The smallest absolute Gasteiger partial charge is 0.315 e. The van der Waals surface area contributed by atoms with E-state index in [1.807, 2.05) is 45.2 Å². The number of rotatable bonds is 4. The van der Waals surface area contributed by atoms with Crippen LogP contribution in [0.15, 0.2) is 48.8 Å². The van der Waals surface area contributed by atoms with Crippen molar-refractivity contribution in [3.05, 3.63) is 64.9 Å². The van der Waals surface area contributed by atoms with Crippen LogP contribution in [-0.2, 0) is 0 Å².